The molecular weight excluding hydrogens is 224 g/mol. The first kappa shape index (κ1) is 13.9. The van der Waals surface area contributed by atoms with Gasteiger partial charge in [-0.05, 0) is 13.0 Å². The highest BCUT2D eigenvalue weighted by atomic mass is 16.5. The number of carbonyl (C=O) groups excluding carboxylic acids is 2. The Kier molecular flexibility index (Phi) is 5.93. The van der Waals surface area contributed by atoms with Gasteiger partial charge in [-0.15, -0.1) is 0 Å². The molecule has 0 radical (unpaired) electrons. The molecule has 1 saturated heterocycles. The summed E-state index contributed by atoms with van der Waals surface area (Å²) >= 11 is 0. The fourth-order valence-electron chi connectivity index (χ4n) is 1.71. The van der Waals surface area contributed by atoms with Gasteiger partial charge < -0.3 is 20.1 Å². The predicted molar refractivity (Wildman–Crippen MR) is 61.4 cm³/mol. The standard InChI is InChI=1S/C11H20N2O4/c1-3-4-12-9-7-17-6-8(9)11(15)13-5-10(14)16-2/h8-9,12H,3-7H2,1-2H3,(H,13,15). The van der Waals surface area contributed by atoms with Crippen molar-refractivity contribution in [3.05, 3.63) is 0 Å². The van der Waals surface area contributed by atoms with Crippen molar-refractivity contribution in [3.63, 3.8) is 0 Å². The van der Waals surface area contributed by atoms with Gasteiger partial charge in [0, 0.05) is 6.04 Å². The van der Waals surface area contributed by atoms with Crippen molar-refractivity contribution < 1.29 is 19.1 Å². The first-order valence-corrected chi connectivity index (χ1v) is 5.84. The molecule has 1 heterocycles. The second-order valence-electron chi connectivity index (χ2n) is 4.00. The van der Waals surface area contributed by atoms with Gasteiger partial charge in [-0.25, -0.2) is 0 Å². The van der Waals surface area contributed by atoms with E-state index in [-0.39, 0.29) is 24.4 Å². The first-order valence-electron chi connectivity index (χ1n) is 5.84. The molecule has 2 N–H and O–H groups in total. The fourth-order valence-corrected chi connectivity index (χ4v) is 1.71. The van der Waals surface area contributed by atoms with Crippen LogP contribution in [0.25, 0.3) is 0 Å². The smallest absolute Gasteiger partial charge is 0.325 e. The molecular formula is C11H20N2O4. The third kappa shape index (κ3) is 4.32. The van der Waals surface area contributed by atoms with Crippen molar-refractivity contribution in [2.45, 2.75) is 19.4 Å². The van der Waals surface area contributed by atoms with Crippen molar-refractivity contribution in [1.82, 2.24) is 10.6 Å². The molecule has 17 heavy (non-hydrogen) atoms. The topological polar surface area (TPSA) is 76.7 Å². The third-order valence-corrected chi connectivity index (χ3v) is 2.71. The molecule has 0 saturated carbocycles. The summed E-state index contributed by atoms with van der Waals surface area (Å²) in [6.07, 6.45) is 1.01. The fraction of sp³-hybridized carbons (Fsp3) is 0.818. The predicted octanol–water partition coefficient (Wildman–Crippen LogP) is -0.710. The Hall–Kier alpha value is -1.14. The van der Waals surface area contributed by atoms with Gasteiger partial charge in [0.05, 0.1) is 26.2 Å². The molecule has 0 spiro atoms. The molecule has 1 aliphatic rings. The molecule has 1 fully saturated rings. The second kappa shape index (κ2) is 7.24. The van der Waals surface area contributed by atoms with Crippen LogP contribution in [0.4, 0.5) is 0 Å². The van der Waals surface area contributed by atoms with Crippen LogP contribution in [0, 0.1) is 5.92 Å². The molecule has 6 nitrogen and oxygen atoms in total. The summed E-state index contributed by atoms with van der Waals surface area (Å²) in [6, 6.07) is 0.0348. The van der Waals surface area contributed by atoms with E-state index in [4.69, 9.17) is 4.74 Å². The van der Waals surface area contributed by atoms with Gasteiger partial charge in [-0.3, -0.25) is 9.59 Å². The first-order chi connectivity index (χ1) is 8.19. The number of hydrogen-bond acceptors (Lipinski definition) is 5. The molecule has 98 valence electrons. The van der Waals surface area contributed by atoms with Gasteiger partial charge in [0.25, 0.3) is 0 Å². The van der Waals surface area contributed by atoms with E-state index < -0.39 is 5.97 Å². The third-order valence-electron chi connectivity index (χ3n) is 2.71. The summed E-state index contributed by atoms with van der Waals surface area (Å²) in [5, 5.41) is 5.81. The number of amides is 1. The van der Waals surface area contributed by atoms with E-state index in [9.17, 15) is 9.59 Å². The molecule has 2 atom stereocenters. The van der Waals surface area contributed by atoms with Crippen molar-refractivity contribution in [3.8, 4) is 0 Å². The minimum atomic E-state index is -0.449. The van der Waals surface area contributed by atoms with Crippen molar-refractivity contribution in [2.24, 2.45) is 5.92 Å². The van der Waals surface area contributed by atoms with Crippen LogP contribution < -0.4 is 10.6 Å². The average Bonchev–Trinajstić information content (AvgIpc) is 2.81. The molecule has 0 aromatic heterocycles. The largest absolute Gasteiger partial charge is 0.468 e. The second-order valence-corrected chi connectivity index (χ2v) is 4.00. The molecule has 0 bridgehead atoms. The van der Waals surface area contributed by atoms with Crippen LogP contribution >= 0.6 is 0 Å². The van der Waals surface area contributed by atoms with Crippen LogP contribution in [-0.2, 0) is 19.1 Å². The SMILES string of the molecule is CCCNC1COCC1C(=O)NCC(=O)OC. The Morgan fingerprint density at radius 2 is 2.18 bits per heavy atom. The highest BCUT2D eigenvalue weighted by Crippen LogP contribution is 2.13. The number of methoxy groups -OCH3 is 1. The zero-order valence-corrected chi connectivity index (χ0v) is 10.3. The zero-order chi connectivity index (χ0) is 12.7. The molecule has 1 amide bonds. The lowest BCUT2D eigenvalue weighted by molar-refractivity contribution is -0.141. The van der Waals surface area contributed by atoms with E-state index in [0.29, 0.717) is 13.2 Å². The van der Waals surface area contributed by atoms with Crippen LogP contribution in [-0.4, -0.2) is 51.3 Å². The van der Waals surface area contributed by atoms with E-state index in [1.165, 1.54) is 7.11 Å². The van der Waals surface area contributed by atoms with Gasteiger partial charge in [-0.1, -0.05) is 6.92 Å². The van der Waals surface area contributed by atoms with E-state index in [1.807, 2.05) is 0 Å². The van der Waals surface area contributed by atoms with Gasteiger partial charge in [0.1, 0.15) is 6.54 Å². The monoisotopic (exact) mass is 244 g/mol. The number of hydrogen-bond donors (Lipinski definition) is 2. The summed E-state index contributed by atoms with van der Waals surface area (Å²) in [4.78, 5) is 22.7. The van der Waals surface area contributed by atoms with Gasteiger partial charge in [0.2, 0.25) is 5.91 Å². The maximum atomic E-state index is 11.8. The maximum Gasteiger partial charge on any atom is 0.325 e. The van der Waals surface area contributed by atoms with E-state index in [2.05, 4.69) is 22.3 Å². The van der Waals surface area contributed by atoms with Crippen molar-refractivity contribution in [2.75, 3.05) is 33.4 Å². The maximum absolute atomic E-state index is 11.8. The lowest BCUT2D eigenvalue weighted by Gasteiger charge is -2.17. The van der Waals surface area contributed by atoms with E-state index in [1.54, 1.807) is 0 Å². The Bertz CT molecular complexity index is 270. The lowest BCUT2D eigenvalue weighted by Crippen LogP contribution is -2.45. The van der Waals surface area contributed by atoms with Crippen LogP contribution in [0.2, 0.25) is 0 Å². The minimum Gasteiger partial charge on any atom is -0.468 e. The van der Waals surface area contributed by atoms with Gasteiger partial charge in [0.15, 0.2) is 0 Å². The summed E-state index contributed by atoms with van der Waals surface area (Å²) in [6.45, 7) is 3.76. The summed E-state index contributed by atoms with van der Waals surface area (Å²) in [5.74, 6) is -0.844. The molecule has 0 aliphatic carbocycles. The molecule has 1 rings (SSSR count). The number of esters is 1. The molecule has 2 unspecified atom stereocenters. The molecule has 6 heteroatoms. The summed E-state index contributed by atoms with van der Waals surface area (Å²) in [7, 11) is 1.29. The minimum absolute atomic E-state index is 0.0348. The average molecular weight is 244 g/mol. The van der Waals surface area contributed by atoms with Crippen LogP contribution in [0.15, 0.2) is 0 Å². The van der Waals surface area contributed by atoms with Crippen molar-refractivity contribution >= 4 is 11.9 Å². The van der Waals surface area contributed by atoms with Crippen LogP contribution in [0.5, 0.6) is 0 Å². The van der Waals surface area contributed by atoms with E-state index >= 15 is 0 Å². The van der Waals surface area contributed by atoms with Gasteiger partial charge >= 0.3 is 5.97 Å². The van der Waals surface area contributed by atoms with Crippen LogP contribution in [0.1, 0.15) is 13.3 Å². The van der Waals surface area contributed by atoms with Gasteiger partial charge in [-0.2, -0.15) is 0 Å². The van der Waals surface area contributed by atoms with Crippen molar-refractivity contribution in [1.29, 1.82) is 0 Å². The Balaban J connectivity index is 2.36. The van der Waals surface area contributed by atoms with Crippen LogP contribution in [0.3, 0.4) is 0 Å². The highest BCUT2D eigenvalue weighted by molar-refractivity contribution is 5.84. The zero-order valence-electron chi connectivity index (χ0n) is 10.3. The lowest BCUT2D eigenvalue weighted by atomic mass is 10.0. The summed E-state index contributed by atoms with van der Waals surface area (Å²) in [5.41, 5.74) is 0. The Labute approximate surface area is 101 Å². The number of rotatable bonds is 6. The Morgan fingerprint density at radius 1 is 1.41 bits per heavy atom. The van der Waals surface area contributed by atoms with E-state index in [0.717, 1.165) is 13.0 Å². The molecule has 0 aromatic carbocycles. The molecule has 0 aromatic rings. The highest BCUT2D eigenvalue weighted by Gasteiger charge is 2.33. The Morgan fingerprint density at radius 3 is 2.82 bits per heavy atom. The number of ether oxygens (including phenoxy) is 2. The number of carbonyl (C=O) groups is 2. The quantitative estimate of drug-likeness (QED) is 0.604. The summed E-state index contributed by atoms with van der Waals surface area (Å²) < 4.78 is 9.74. The number of nitrogens with one attached hydrogen (secondary N) is 2. The normalized spacial score (nSPS) is 23.4. The molecule has 1 aliphatic heterocycles.